The summed E-state index contributed by atoms with van der Waals surface area (Å²) >= 11 is 3.99. The quantitative estimate of drug-likeness (QED) is 0.540. The molecule has 104 valence electrons. The van der Waals surface area contributed by atoms with Gasteiger partial charge in [0.15, 0.2) is 0 Å². The number of ether oxygens (including phenoxy) is 1. The fourth-order valence-electron chi connectivity index (χ4n) is 1.73. The van der Waals surface area contributed by atoms with Crippen LogP contribution in [0.1, 0.15) is 22.8 Å². The van der Waals surface area contributed by atoms with Crippen LogP contribution in [0.5, 0.6) is 0 Å². The third-order valence-electron chi connectivity index (χ3n) is 2.73. The molecule has 0 aromatic heterocycles. The van der Waals surface area contributed by atoms with Gasteiger partial charge < -0.3 is 4.74 Å². The van der Waals surface area contributed by atoms with Crippen molar-refractivity contribution in [2.45, 2.75) is 23.6 Å². The first-order valence-electron chi connectivity index (χ1n) is 6.31. The molecule has 0 amide bonds. The lowest BCUT2D eigenvalue weighted by Gasteiger charge is -2.08. The van der Waals surface area contributed by atoms with E-state index in [1.807, 2.05) is 32.0 Å². The van der Waals surface area contributed by atoms with Gasteiger partial charge in [0, 0.05) is 13.4 Å². The minimum Gasteiger partial charge on any atom is -0.462 e. The SMILES string of the molecule is CCOC(=O)c1ccc(Sc2ccc(I)cc2)c(C)c1. The summed E-state index contributed by atoms with van der Waals surface area (Å²) in [4.78, 5) is 14.0. The van der Waals surface area contributed by atoms with Crippen LogP contribution in [0.3, 0.4) is 0 Å². The summed E-state index contributed by atoms with van der Waals surface area (Å²) < 4.78 is 6.23. The van der Waals surface area contributed by atoms with Crippen LogP contribution in [0.4, 0.5) is 0 Å². The molecule has 0 bridgehead atoms. The molecule has 0 saturated heterocycles. The zero-order chi connectivity index (χ0) is 14.5. The lowest BCUT2D eigenvalue weighted by Crippen LogP contribution is -2.04. The number of esters is 1. The molecular weight excluding hydrogens is 383 g/mol. The number of carbonyl (C=O) groups is 1. The van der Waals surface area contributed by atoms with Crippen LogP contribution in [0.25, 0.3) is 0 Å². The lowest BCUT2D eigenvalue weighted by atomic mass is 10.1. The summed E-state index contributed by atoms with van der Waals surface area (Å²) in [5.41, 5.74) is 1.69. The van der Waals surface area contributed by atoms with Crippen molar-refractivity contribution >= 4 is 40.3 Å². The molecule has 0 aliphatic carbocycles. The summed E-state index contributed by atoms with van der Waals surface area (Å²) in [6, 6.07) is 14.1. The average molecular weight is 398 g/mol. The predicted molar refractivity (Wildman–Crippen MR) is 90.4 cm³/mol. The van der Waals surface area contributed by atoms with Gasteiger partial charge in [0.05, 0.1) is 12.2 Å². The minimum atomic E-state index is -0.263. The normalized spacial score (nSPS) is 10.3. The summed E-state index contributed by atoms with van der Waals surface area (Å²) in [7, 11) is 0. The third-order valence-corrected chi connectivity index (χ3v) is 4.63. The van der Waals surface area contributed by atoms with Crippen LogP contribution in [0.15, 0.2) is 52.3 Å². The lowest BCUT2D eigenvalue weighted by molar-refractivity contribution is 0.0526. The van der Waals surface area contributed by atoms with Gasteiger partial charge >= 0.3 is 5.97 Å². The van der Waals surface area contributed by atoms with Gasteiger partial charge in [-0.2, -0.15) is 0 Å². The monoisotopic (exact) mass is 398 g/mol. The molecule has 2 aromatic carbocycles. The van der Waals surface area contributed by atoms with Gasteiger partial charge in [-0.25, -0.2) is 4.79 Å². The Hall–Kier alpha value is -1.01. The highest BCUT2D eigenvalue weighted by Gasteiger charge is 2.09. The molecule has 2 rings (SSSR count). The van der Waals surface area contributed by atoms with Gasteiger partial charge in [-0.1, -0.05) is 11.8 Å². The predicted octanol–water partition coefficient (Wildman–Crippen LogP) is 4.93. The van der Waals surface area contributed by atoms with Crippen molar-refractivity contribution in [1.29, 1.82) is 0 Å². The van der Waals surface area contributed by atoms with Crippen molar-refractivity contribution in [1.82, 2.24) is 0 Å². The molecule has 4 heteroatoms. The van der Waals surface area contributed by atoms with Crippen LogP contribution in [0.2, 0.25) is 0 Å². The van der Waals surface area contributed by atoms with Crippen molar-refractivity contribution in [3.63, 3.8) is 0 Å². The number of hydrogen-bond donors (Lipinski definition) is 0. The van der Waals surface area contributed by atoms with Gasteiger partial charge in [-0.05, 0) is 84.5 Å². The Morgan fingerprint density at radius 2 is 1.90 bits per heavy atom. The van der Waals surface area contributed by atoms with Gasteiger partial charge in [-0.15, -0.1) is 0 Å². The average Bonchev–Trinajstić information content (AvgIpc) is 2.43. The summed E-state index contributed by atoms with van der Waals surface area (Å²) in [6.45, 7) is 4.22. The topological polar surface area (TPSA) is 26.3 Å². The van der Waals surface area contributed by atoms with Crippen LogP contribution in [-0.4, -0.2) is 12.6 Å². The number of carbonyl (C=O) groups excluding carboxylic acids is 1. The van der Waals surface area contributed by atoms with E-state index in [1.54, 1.807) is 11.8 Å². The minimum absolute atomic E-state index is 0.263. The summed E-state index contributed by atoms with van der Waals surface area (Å²) in [5, 5.41) is 0. The van der Waals surface area contributed by atoms with Crippen LogP contribution < -0.4 is 0 Å². The maximum absolute atomic E-state index is 11.7. The highest BCUT2D eigenvalue weighted by Crippen LogP contribution is 2.31. The number of aryl methyl sites for hydroxylation is 1. The second kappa shape index (κ2) is 7.13. The molecule has 20 heavy (non-hydrogen) atoms. The molecule has 0 radical (unpaired) electrons. The van der Waals surface area contributed by atoms with Crippen molar-refractivity contribution in [2.75, 3.05) is 6.61 Å². The first-order chi connectivity index (χ1) is 9.60. The van der Waals surface area contributed by atoms with Gasteiger partial charge in [-0.3, -0.25) is 0 Å². The van der Waals surface area contributed by atoms with E-state index in [0.29, 0.717) is 12.2 Å². The van der Waals surface area contributed by atoms with Crippen molar-refractivity contribution in [2.24, 2.45) is 0 Å². The molecule has 0 N–H and O–H groups in total. The van der Waals surface area contributed by atoms with E-state index >= 15 is 0 Å². The summed E-state index contributed by atoms with van der Waals surface area (Å²) in [6.07, 6.45) is 0. The highest BCUT2D eigenvalue weighted by atomic mass is 127. The second-order valence-corrected chi connectivity index (χ2v) is 6.62. The van der Waals surface area contributed by atoms with E-state index in [4.69, 9.17) is 4.74 Å². The Morgan fingerprint density at radius 1 is 1.20 bits per heavy atom. The van der Waals surface area contributed by atoms with Gasteiger partial charge in [0.25, 0.3) is 0 Å². The van der Waals surface area contributed by atoms with E-state index in [2.05, 4.69) is 46.9 Å². The summed E-state index contributed by atoms with van der Waals surface area (Å²) in [5.74, 6) is -0.263. The third kappa shape index (κ3) is 3.99. The molecule has 0 aliphatic rings. The maximum Gasteiger partial charge on any atom is 0.338 e. The number of rotatable bonds is 4. The molecule has 0 aliphatic heterocycles. The Kier molecular flexibility index (Phi) is 5.48. The molecule has 0 atom stereocenters. The van der Waals surface area contributed by atoms with Gasteiger partial charge in [0.2, 0.25) is 0 Å². The maximum atomic E-state index is 11.7. The molecule has 0 fully saturated rings. The first kappa shape index (κ1) is 15.4. The largest absolute Gasteiger partial charge is 0.462 e. The molecule has 2 aromatic rings. The van der Waals surface area contributed by atoms with Crippen molar-refractivity contribution < 1.29 is 9.53 Å². The fourth-order valence-corrected chi connectivity index (χ4v) is 2.98. The Labute approximate surface area is 137 Å². The van der Waals surface area contributed by atoms with E-state index in [9.17, 15) is 4.79 Å². The van der Waals surface area contributed by atoms with Crippen LogP contribution in [0, 0.1) is 10.5 Å². The van der Waals surface area contributed by atoms with E-state index < -0.39 is 0 Å². The number of halogens is 1. The molecular formula is C16H15IO2S. The number of hydrogen-bond acceptors (Lipinski definition) is 3. The molecule has 0 heterocycles. The van der Waals surface area contributed by atoms with Crippen LogP contribution >= 0.6 is 34.4 Å². The van der Waals surface area contributed by atoms with Gasteiger partial charge in [0.1, 0.15) is 0 Å². The molecule has 0 spiro atoms. The Bertz CT molecular complexity index is 608. The second-order valence-electron chi connectivity index (χ2n) is 4.26. The van der Waals surface area contributed by atoms with E-state index in [-0.39, 0.29) is 5.97 Å². The standard InChI is InChI=1S/C16H15IO2S/c1-3-19-16(18)12-4-9-15(11(2)10-12)20-14-7-5-13(17)6-8-14/h4-10H,3H2,1-2H3. The zero-order valence-corrected chi connectivity index (χ0v) is 14.3. The van der Waals surface area contributed by atoms with Crippen molar-refractivity contribution in [3.05, 3.63) is 57.2 Å². The fraction of sp³-hybridized carbons (Fsp3) is 0.188. The zero-order valence-electron chi connectivity index (χ0n) is 11.4. The highest BCUT2D eigenvalue weighted by molar-refractivity contribution is 14.1. The van der Waals surface area contributed by atoms with Crippen LogP contribution in [-0.2, 0) is 4.74 Å². The Balaban J connectivity index is 2.17. The van der Waals surface area contributed by atoms with E-state index in [0.717, 1.165) is 10.5 Å². The molecule has 0 saturated carbocycles. The molecule has 2 nitrogen and oxygen atoms in total. The smallest absolute Gasteiger partial charge is 0.338 e. The van der Waals surface area contributed by atoms with Crippen molar-refractivity contribution in [3.8, 4) is 0 Å². The van der Waals surface area contributed by atoms with E-state index in [1.165, 1.54) is 8.47 Å². The molecule has 0 unspecified atom stereocenters. The Morgan fingerprint density at radius 3 is 2.50 bits per heavy atom. The first-order valence-corrected chi connectivity index (χ1v) is 8.21. The number of benzene rings is 2.